The van der Waals surface area contributed by atoms with Crippen molar-refractivity contribution in [1.82, 2.24) is 15.4 Å². The first kappa shape index (κ1) is 6.51. The van der Waals surface area contributed by atoms with Gasteiger partial charge >= 0.3 is 0 Å². The quantitative estimate of drug-likeness (QED) is 0.600. The average molecular weight is 152 g/mol. The maximum Gasteiger partial charge on any atom is 0.265 e. The molecule has 1 aromatic heterocycles. The van der Waals surface area contributed by atoms with Crippen LogP contribution >= 0.6 is 0 Å². The van der Waals surface area contributed by atoms with Crippen LogP contribution in [0.15, 0.2) is 18.5 Å². The highest BCUT2D eigenvalue weighted by Crippen LogP contribution is 2.04. The first-order valence-electron chi connectivity index (χ1n) is 3.40. The number of aromatic nitrogens is 2. The number of hydrazine groups is 1. The van der Waals surface area contributed by atoms with Crippen LogP contribution in [0, 0.1) is 0 Å². The first-order chi connectivity index (χ1) is 5.47. The molecule has 1 fully saturated rings. The SMILES string of the molecule is c1cnc(N2NCCO2)nc1. The zero-order valence-electron chi connectivity index (χ0n) is 5.90. The van der Waals surface area contributed by atoms with Crippen molar-refractivity contribution in [1.29, 1.82) is 0 Å². The fourth-order valence-corrected chi connectivity index (χ4v) is 0.854. The summed E-state index contributed by atoms with van der Waals surface area (Å²) in [5.74, 6) is 0.546. The molecule has 11 heavy (non-hydrogen) atoms. The Morgan fingerprint density at radius 3 is 2.91 bits per heavy atom. The second-order valence-electron chi connectivity index (χ2n) is 2.08. The Morgan fingerprint density at radius 2 is 2.27 bits per heavy atom. The van der Waals surface area contributed by atoms with E-state index in [-0.39, 0.29) is 0 Å². The summed E-state index contributed by atoms with van der Waals surface area (Å²) >= 11 is 0. The van der Waals surface area contributed by atoms with Gasteiger partial charge in [-0.25, -0.2) is 15.4 Å². The van der Waals surface area contributed by atoms with Gasteiger partial charge in [-0.15, -0.1) is 5.17 Å². The smallest absolute Gasteiger partial charge is 0.254 e. The van der Waals surface area contributed by atoms with Gasteiger partial charge in [0.05, 0.1) is 6.61 Å². The van der Waals surface area contributed by atoms with E-state index in [0.717, 1.165) is 6.54 Å². The molecule has 1 saturated heterocycles. The summed E-state index contributed by atoms with van der Waals surface area (Å²) in [6.07, 6.45) is 3.34. The Bertz CT molecular complexity index is 221. The lowest BCUT2D eigenvalue weighted by Gasteiger charge is -2.11. The van der Waals surface area contributed by atoms with E-state index < -0.39 is 0 Å². The molecular weight excluding hydrogens is 144 g/mol. The largest absolute Gasteiger partial charge is 0.265 e. The fourth-order valence-electron chi connectivity index (χ4n) is 0.854. The topological polar surface area (TPSA) is 50.3 Å². The van der Waals surface area contributed by atoms with Crippen LogP contribution in [0.25, 0.3) is 0 Å². The first-order valence-corrected chi connectivity index (χ1v) is 3.40. The Hall–Kier alpha value is -1.20. The van der Waals surface area contributed by atoms with E-state index in [1.165, 1.54) is 5.17 Å². The van der Waals surface area contributed by atoms with E-state index in [2.05, 4.69) is 15.4 Å². The van der Waals surface area contributed by atoms with Crippen LogP contribution in [-0.4, -0.2) is 23.1 Å². The number of rotatable bonds is 1. The van der Waals surface area contributed by atoms with Crippen LogP contribution in [0.3, 0.4) is 0 Å². The van der Waals surface area contributed by atoms with E-state index >= 15 is 0 Å². The summed E-state index contributed by atoms with van der Waals surface area (Å²) < 4.78 is 0. The molecule has 5 heteroatoms. The molecule has 0 bridgehead atoms. The maximum absolute atomic E-state index is 5.14. The van der Waals surface area contributed by atoms with Crippen LogP contribution in [0.2, 0.25) is 0 Å². The average Bonchev–Trinajstić information content (AvgIpc) is 2.58. The second kappa shape index (κ2) is 2.81. The summed E-state index contributed by atoms with van der Waals surface area (Å²) in [4.78, 5) is 13.1. The van der Waals surface area contributed by atoms with Gasteiger partial charge in [-0.2, -0.15) is 0 Å². The van der Waals surface area contributed by atoms with Crippen molar-refractivity contribution in [3.8, 4) is 0 Å². The Kier molecular flexibility index (Phi) is 1.66. The van der Waals surface area contributed by atoms with E-state index in [1.54, 1.807) is 18.5 Å². The van der Waals surface area contributed by atoms with Gasteiger partial charge in [0.15, 0.2) is 0 Å². The maximum atomic E-state index is 5.14. The Labute approximate surface area is 63.9 Å². The van der Waals surface area contributed by atoms with E-state index in [0.29, 0.717) is 12.6 Å². The highest BCUT2D eigenvalue weighted by Gasteiger charge is 2.13. The van der Waals surface area contributed by atoms with Gasteiger partial charge in [-0.1, -0.05) is 0 Å². The third-order valence-electron chi connectivity index (χ3n) is 1.31. The molecule has 58 valence electrons. The Morgan fingerprint density at radius 1 is 1.45 bits per heavy atom. The molecule has 2 heterocycles. The van der Waals surface area contributed by atoms with Crippen LogP contribution in [0.5, 0.6) is 0 Å². The monoisotopic (exact) mass is 152 g/mol. The zero-order chi connectivity index (χ0) is 7.52. The number of hydrogen-bond acceptors (Lipinski definition) is 5. The van der Waals surface area contributed by atoms with Crippen LogP contribution in [0.4, 0.5) is 5.95 Å². The van der Waals surface area contributed by atoms with Crippen molar-refractivity contribution < 1.29 is 4.84 Å². The minimum absolute atomic E-state index is 0.546. The zero-order valence-corrected chi connectivity index (χ0v) is 5.90. The molecule has 5 nitrogen and oxygen atoms in total. The van der Waals surface area contributed by atoms with Crippen molar-refractivity contribution in [2.75, 3.05) is 18.3 Å². The molecule has 0 amide bonds. The van der Waals surface area contributed by atoms with Crippen LogP contribution in [-0.2, 0) is 4.84 Å². The molecule has 1 aliphatic heterocycles. The summed E-state index contributed by atoms with van der Waals surface area (Å²) in [5, 5.41) is 1.47. The number of hydrogen-bond donors (Lipinski definition) is 1. The Balaban J connectivity index is 2.16. The van der Waals surface area contributed by atoms with Gasteiger partial charge in [-0.05, 0) is 6.07 Å². The molecule has 0 spiro atoms. The lowest BCUT2D eigenvalue weighted by molar-refractivity contribution is 0.154. The van der Waals surface area contributed by atoms with Crippen molar-refractivity contribution in [2.45, 2.75) is 0 Å². The molecule has 0 unspecified atom stereocenters. The van der Waals surface area contributed by atoms with Gasteiger partial charge < -0.3 is 0 Å². The predicted octanol–water partition coefficient (Wildman–Crippen LogP) is -0.267. The predicted molar refractivity (Wildman–Crippen MR) is 38.5 cm³/mol. The summed E-state index contributed by atoms with van der Waals surface area (Å²) in [6.45, 7) is 1.47. The van der Waals surface area contributed by atoms with Crippen molar-refractivity contribution in [2.24, 2.45) is 0 Å². The molecule has 0 atom stereocenters. The van der Waals surface area contributed by atoms with Gasteiger partial charge in [0.2, 0.25) is 0 Å². The molecule has 0 saturated carbocycles. The lowest BCUT2D eigenvalue weighted by Crippen LogP contribution is -2.30. The van der Waals surface area contributed by atoms with Crippen molar-refractivity contribution >= 4 is 5.95 Å². The number of nitrogens with zero attached hydrogens (tertiary/aromatic N) is 3. The number of anilines is 1. The summed E-state index contributed by atoms with van der Waals surface area (Å²) in [5.41, 5.74) is 2.96. The van der Waals surface area contributed by atoms with Crippen LogP contribution in [0.1, 0.15) is 0 Å². The molecule has 0 aromatic carbocycles. The van der Waals surface area contributed by atoms with Crippen molar-refractivity contribution in [3.63, 3.8) is 0 Å². The standard InChI is InChI=1S/C6H8N4O/c1-2-7-6(8-3-1)10-9-4-5-11-10/h1-3,9H,4-5H2. The van der Waals surface area contributed by atoms with E-state index in [1.807, 2.05) is 0 Å². The number of nitrogens with one attached hydrogen (secondary N) is 1. The molecule has 1 aliphatic rings. The van der Waals surface area contributed by atoms with Crippen molar-refractivity contribution in [3.05, 3.63) is 18.5 Å². The second-order valence-corrected chi connectivity index (χ2v) is 2.08. The van der Waals surface area contributed by atoms with Gasteiger partial charge in [0.25, 0.3) is 5.95 Å². The van der Waals surface area contributed by atoms with E-state index in [4.69, 9.17) is 4.84 Å². The van der Waals surface area contributed by atoms with Crippen LogP contribution < -0.4 is 10.6 Å². The lowest BCUT2D eigenvalue weighted by atomic mass is 10.7. The third-order valence-corrected chi connectivity index (χ3v) is 1.31. The molecule has 1 N–H and O–H groups in total. The summed E-state index contributed by atoms with van der Waals surface area (Å²) in [7, 11) is 0. The van der Waals surface area contributed by atoms with Gasteiger partial charge in [0, 0.05) is 18.9 Å². The minimum atomic E-state index is 0.546. The third kappa shape index (κ3) is 1.28. The molecule has 2 rings (SSSR count). The highest BCUT2D eigenvalue weighted by atomic mass is 16.7. The minimum Gasteiger partial charge on any atom is -0.254 e. The molecule has 1 aromatic rings. The van der Waals surface area contributed by atoms with Gasteiger partial charge in [-0.3, -0.25) is 4.84 Å². The normalized spacial score (nSPS) is 17.3. The fraction of sp³-hybridized carbons (Fsp3) is 0.333. The molecular formula is C6H8N4O. The summed E-state index contributed by atoms with van der Waals surface area (Å²) in [6, 6.07) is 1.76. The van der Waals surface area contributed by atoms with E-state index in [9.17, 15) is 0 Å². The molecule has 0 aliphatic carbocycles. The molecule has 0 radical (unpaired) electrons. The highest BCUT2D eigenvalue weighted by molar-refractivity contribution is 5.22. The van der Waals surface area contributed by atoms with Gasteiger partial charge in [0.1, 0.15) is 0 Å².